The fourth-order valence-electron chi connectivity index (χ4n) is 3.88. The van der Waals surface area contributed by atoms with Gasteiger partial charge in [-0.25, -0.2) is 4.99 Å². The molecule has 2 nitrogen and oxygen atoms in total. The Kier molecular flexibility index (Phi) is 3.16. The molecule has 0 aliphatic heterocycles. The fraction of sp³-hybridized carbons (Fsp3) is 0.529. The minimum Gasteiger partial charge on any atom is -0.267 e. The van der Waals surface area contributed by atoms with Gasteiger partial charge in [-0.3, -0.25) is 4.79 Å². The number of halogens is 1. The molecule has 0 radical (unpaired) electrons. The van der Waals surface area contributed by atoms with Crippen molar-refractivity contribution < 1.29 is 4.79 Å². The number of carbonyl (C=O) groups excluding carboxylic acids is 1. The van der Waals surface area contributed by atoms with Gasteiger partial charge >= 0.3 is 0 Å². The van der Waals surface area contributed by atoms with Gasteiger partial charge in [0.2, 0.25) is 0 Å². The summed E-state index contributed by atoms with van der Waals surface area (Å²) in [5, 5.41) is 0. The van der Waals surface area contributed by atoms with E-state index in [1.54, 1.807) is 0 Å². The Morgan fingerprint density at radius 1 is 1.25 bits per heavy atom. The quantitative estimate of drug-likeness (QED) is 0.720. The molecule has 20 heavy (non-hydrogen) atoms. The lowest BCUT2D eigenvalue weighted by Gasteiger charge is -2.34. The molecule has 2 atom stereocenters. The zero-order valence-corrected chi connectivity index (χ0v) is 13.8. The van der Waals surface area contributed by atoms with Gasteiger partial charge in [-0.05, 0) is 54.9 Å². The maximum absolute atomic E-state index is 12.3. The van der Waals surface area contributed by atoms with Gasteiger partial charge in [-0.15, -0.1) is 0 Å². The van der Waals surface area contributed by atoms with E-state index in [1.165, 1.54) is 6.42 Å². The van der Waals surface area contributed by atoms with E-state index in [4.69, 9.17) is 0 Å². The van der Waals surface area contributed by atoms with Crippen LogP contribution in [0.3, 0.4) is 0 Å². The van der Waals surface area contributed by atoms with Crippen molar-refractivity contribution >= 4 is 27.5 Å². The van der Waals surface area contributed by atoms with Crippen molar-refractivity contribution in [1.29, 1.82) is 0 Å². The molecule has 2 bridgehead atoms. The lowest BCUT2D eigenvalue weighted by Crippen LogP contribution is -2.33. The Bertz CT molecular complexity index is 588. The Morgan fingerprint density at radius 2 is 1.90 bits per heavy atom. The first-order valence-corrected chi connectivity index (χ1v) is 8.02. The van der Waals surface area contributed by atoms with Crippen molar-refractivity contribution in [2.24, 2.45) is 21.7 Å². The maximum atomic E-state index is 12.3. The van der Waals surface area contributed by atoms with Crippen LogP contribution in [-0.2, 0) is 0 Å². The van der Waals surface area contributed by atoms with Crippen molar-refractivity contribution in [2.75, 3.05) is 0 Å². The largest absolute Gasteiger partial charge is 0.276 e. The first-order chi connectivity index (χ1) is 9.34. The van der Waals surface area contributed by atoms with Gasteiger partial charge in [0.15, 0.2) is 0 Å². The highest BCUT2D eigenvalue weighted by molar-refractivity contribution is 9.10. The highest BCUT2D eigenvalue weighted by atomic mass is 79.9. The average molecular weight is 334 g/mol. The number of hydrogen-bond acceptors (Lipinski definition) is 1. The second kappa shape index (κ2) is 4.52. The molecule has 3 heteroatoms. The van der Waals surface area contributed by atoms with E-state index in [0.29, 0.717) is 11.5 Å². The van der Waals surface area contributed by atoms with E-state index in [2.05, 4.69) is 41.7 Å². The molecule has 3 rings (SSSR count). The van der Waals surface area contributed by atoms with Gasteiger partial charge in [-0.2, -0.15) is 0 Å². The summed E-state index contributed by atoms with van der Waals surface area (Å²) in [5.74, 6) is 0.584. The minimum absolute atomic E-state index is 0.0999. The van der Waals surface area contributed by atoms with Gasteiger partial charge < -0.3 is 0 Å². The minimum atomic E-state index is -0.0999. The summed E-state index contributed by atoms with van der Waals surface area (Å²) in [6, 6.07) is 7.44. The van der Waals surface area contributed by atoms with Crippen molar-refractivity contribution in [2.45, 2.75) is 40.0 Å². The van der Waals surface area contributed by atoms with E-state index in [1.807, 2.05) is 24.3 Å². The second-order valence-corrected chi connectivity index (χ2v) is 7.78. The monoisotopic (exact) mass is 333 g/mol. The third-order valence-electron chi connectivity index (χ3n) is 5.84. The van der Waals surface area contributed by atoms with Crippen LogP contribution in [0, 0.1) is 16.7 Å². The smallest absolute Gasteiger partial charge is 0.267 e. The SMILES string of the molecule is CC12CCC(CC1=NC(=O)c1ccc(Br)cc1)C2(C)C. The van der Waals surface area contributed by atoms with E-state index in [9.17, 15) is 4.79 Å². The average Bonchev–Trinajstić information content (AvgIpc) is 2.72. The van der Waals surface area contributed by atoms with Gasteiger partial charge in [0.1, 0.15) is 0 Å². The zero-order valence-electron chi connectivity index (χ0n) is 12.2. The number of fused-ring (bicyclic) bond motifs is 2. The van der Waals surface area contributed by atoms with Crippen LogP contribution in [0.1, 0.15) is 50.4 Å². The van der Waals surface area contributed by atoms with E-state index in [0.717, 1.165) is 23.0 Å². The van der Waals surface area contributed by atoms with E-state index in [-0.39, 0.29) is 16.7 Å². The summed E-state index contributed by atoms with van der Waals surface area (Å²) < 4.78 is 0.981. The van der Waals surface area contributed by atoms with Crippen molar-refractivity contribution in [3.05, 3.63) is 34.3 Å². The molecular weight excluding hydrogens is 314 g/mol. The number of carbonyl (C=O) groups is 1. The van der Waals surface area contributed by atoms with Crippen molar-refractivity contribution in [3.63, 3.8) is 0 Å². The normalized spacial score (nSPS) is 32.8. The Balaban J connectivity index is 1.91. The lowest BCUT2D eigenvalue weighted by atomic mass is 9.70. The first-order valence-electron chi connectivity index (χ1n) is 7.22. The van der Waals surface area contributed by atoms with Crippen LogP contribution in [0.4, 0.5) is 0 Å². The molecule has 0 heterocycles. The highest BCUT2D eigenvalue weighted by Crippen LogP contribution is 2.64. The number of rotatable bonds is 1. The van der Waals surface area contributed by atoms with Crippen LogP contribution in [0.25, 0.3) is 0 Å². The molecule has 2 unspecified atom stereocenters. The van der Waals surface area contributed by atoms with Gasteiger partial charge in [0, 0.05) is 21.2 Å². The van der Waals surface area contributed by atoms with Crippen molar-refractivity contribution in [3.8, 4) is 0 Å². The van der Waals surface area contributed by atoms with Crippen LogP contribution in [-0.4, -0.2) is 11.6 Å². The Labute approximate surface area is 128 Å². The van der Waals surface area contributed by atoms with Gasteiger partial charge in [0.25, 0.3) is 5.91 Å². The van der Waals surface area contributed by atoms with Crippen LogP contribution in [0.2, 0.25) is 0 Å². The lowest BCUT2D eigenvalue weighted by molar-refractivity contribution is 0.100. The molecule has 0 aromatic heterocycles. The number of benzene rings is 1. The van der Waals surface area contributed by atoms with Crippen LogP contribution in [0.5, 0.6) is 0 Å². The molecule has 0 N–H and O–H groups in total. The molecule has 1 amide bonds. The number of hydrogen-bond donors (Lipinski definition) is 0. The predicted octanol–water partition coefficient (Wildman–Crippen LogP) is 4.88. The number of aliphatic imine (C=N–C) groups is 1. The third kappa shape index (κ3) is 1.90. The summed E-state index contributed by atoms with van der Waals surface area (Å²) in [7, 11) is 0. The molecular formula is C17H20BrNO. The number of nitrogens with zero attached hydrogens (tertiary/aromatic N) is 1. The van der Waals surface area contributed by atoms with Gasteiger partial charge in [-0.1, -0.05) is 36.7 Å². The molecule has 2 saturated carbocycles. The molecule has 0 spiro atoms. The molecule has 0 saturated heterocycles. The summed E-state index contributed by atoms with van der Waals surface area (Å²) in [5.41, 5.74) is 2.16. The fourth-order valence-corrected chi connectivity index (χ4v) is 4.14. The summed E-state index contributed by atoms with van der Waals surface area (Å²) >= 11 is 3.39. The van der Waals surface area contributed by atoms with Gasteiger partial charge in [0.05, 0.1) is 0 Å². The van der Waals surface area contributed by atoms with Crippen LogP contribution in [0.15, 0.2) is 33.7 Å². The topological polar surface area (TPSA) is 29.4 Å². The predicted molar refractivity (Wildman–Crippen MR) is 85.1 cm³/mol. The molecule has 2 aliphatic carbocycles. The first kappa shape index (κ1) is 14.0. The molecule has 106 valence electrons. The summed E-state index contributed by atoms with van der Waals surface area (Å²) in [6.07, 6.45) is 3.43. The molecule has 2 aliphatic rings. The van der Waals surface area contributed by atoms with Crippen LogP contribution < -0.4 is 0 Å². The Hall–Kier alpha value is -0.960. The van der Waals surface area contributed by atoms with Crippen molar-refractivity contribution in [1.82, 2.24) is 0 Å². The maximum Gasteiger partial charge on any atom is 0.276 e. The van der Waals surface area contributed by atoms with E-state index < -0.39 is 0 Å². The van der Waals surface area contributed by atoms with E-state index >= 15 is 0 Å². The standard InChI is InChI=1S/C17H20BrNO/c1-16(2)12-8-9-17(16,3)14(10-12)19-15(20)11-4-6-13(18)7-5-11/h4-7,12H,8-10H2,1-3H3. The molecule has 2 fully saturated rings. The van der Waals surface area contributed by atoms with Crippen LogP contribution >= 0.6 is 15.9 Å². The Morgan fingerprint density at radius 3 is 2.40 bits per heavy atom. The summed E-state index contributed by atoms with van der Waals surface area (Å²) in [4.78, 5) is 16.8. The number of amides is 1. The summed E-state index contributed by atoms with van der Waals surface area (Å²) in [6.45, 7) is 6.95. The second-order valence-electron chi connectivity index (χ2n) is 6.86. The highest BCUT2D eigenvalue weighted by Gasteiger charge is 2.59. The molecule has 1 aromatic carbocycles. The molecule has 1 aromatic rings. The third-order valence-corrected chi connectivity index (χ3v) is 6.37. The zero-order chi connectivity index (χ0) is 14.5.